The summed E-state index contributed by atoms with van der Waals surface area (Å²) in [6.07, 6.45) is 6.22. The molecule has 3 heterocycles. The molecule has 1 amide bonds. The summed E-state index contributed by atoms with van der Waals surface area (Å²) in [6.45, 7) is 4.21. The van der Waals surface area contributed by atoms with Gasteiger partial charge >= 0.3 is 0 Å². The van der Waals surface area contributed by atoms with Crippen molar-refractivity contribution >= 4 is 5.91 Å². The number of hydrogen-bond donors (Lipinski definition) is 0. The normalized spacial score (nSPS) is 15.1. The van der Waals surface area contributed by atoms with Crippen molar-refractivity contribution in [3.63, 3.8) is 0 Å². The molecule has 146 valence electrons. The summed E-state index contributed by atoms with van der Waals surface area (Å²) in [7, 11) is 0. The second kappa shape index (κ2) is 8.00. The molecule has 6 heteroatoms. The molecule has 1 aromatic carbocycles. The maximum atomic E-state index is 13.2. The summed E-state index contributed by atoms with van der Waals surface area (Å²) >= 11 is 0. The van der Waals surface area contributed by atoms with E-state index in [9.17, 15) is 9.18 Å². The van der Waals surface area contributed by atoms with Crippen molar-refractivity contribution < 1.29 is 13.6 Å². The van der Waals surface area contributed by atoms with Crippen LogP contribution in [0.15, 0.2) is 53.3 Å². The summed E-state index contributed by atoms with van der Waals surface area (Å²) < 4.78 is 20.6. The SMILES string of the molecule is Cc1cnc(CC2CCN(C(=O)c3ccco3)CC2)n1Cc1ccc(F)cc1. The molecular formula is C22H24FN3O2. The highest BCUT2D eigenvalue weighted by Crippen LogP contribution is 2.23. The van der Waals surface area contributed by atoms with E-state index in [0.29, 0.717) is 18.2 Å². The second-order valence-electron chi connectivity index (χ2n) is 7.45. The predicted molar refractivity (Wildman–Crippen MR) is 104 cm³/mol. The van der Waals surface area contributed by atoms with E-state index in [1.54, 1.807) is 12.1 Å². The van der Waals surface area contributed by atoms with E-state index in [-0.39, 0.29) is 11.7 Å². The van der Waals surface area contributed by atoms with Crippen LogP contribution in [0.3, 0.4) is 0 Å². The first-order valence-electron chi connectivity index (χ1n) is 9.68. The minimum atomic E-state index is -0.220. The first kappa shape index (κ1) is 18.5. The first-order valence-corrected chi connectivity index (χ1v) is 9.68. The molecule has 28 heavy (non-hydrogen) atoms. The van der Waals surface area contributed by atoms with Gasteiger partial charge in [-0.25, -0.2) is 9.37 Å². The van der Waals surface area contributed by atoms with Gasteiger partial charge in [-0.2, -0.15) is 0 Å². The van der Waals surface area contributed by atoms with E-state index in [0.717, 1.165) is 49.4 Å². The number of amides is 1. The van der Waals surface area contributed by atoms with Gasteiger partial charge in [0.05, 0.1) is 6.26 Å². The maximum Gasteiger partial charge on any atom is 0.289 e. The zero-order valence-electron chi connectivity index (χ0n) is 16.0. The van der Waals surface area contributed by atoms with Crippen LogP contribution in [0.2, 0.25) is 0 Å². The lowest BCUT2D eigenvalue weighted by Crippen LogP contribution is -2.39. The van der Waals surface area contributed by atoms with Crippen molar-refractivity contribution in [2.45, 2.75) is 32.7 Å². The summed E-state index contributed by atoms with van der Waals surface area (Å²) in [4.78, 5) is 18.9. The number of imidazole rings is 1. The fraction of sp³-hybridized carbons (Fsp3) is 0.364. The number of benzene rings is 1. The Labute approximate surface area is 163 Å². The predicted octanol–water partition coefficient (Wildman–Crippen LogP) is 4.07. The van der Waals surface area contributed by atoms with Crippen LogP contribution in [-0.2, 0) is 13.0 Å². The number of aromatic nitrogens is 2. The Morgan fingerprint density at radius 3 is 2.64 bits per heavy atom. The average molecular weight is 381 g/mol. The van der Waals surface area contributed by atoms with Gasteiger partial charge in [-0.3, -0.25) is 4.79 Å². The van der Waals surface area contributed by atoms with Gasteiger partial charge in [-0.05, 0) is 55.5 Å². The molecule has 3 aromatic rings. The Morgan fingerprint density at radius 2 is 1.96 bits per heavy atom. The highest BCUT2D eigenvalue weighted by Gasteiger charge is 2.26. The second-order valence-corrected chi connectivity index (χ2v) is 7.45. The third-order valence-corrected chi connectivity index (χ3v) is 5.50. The minimum Gasteiger partial charge on any atom is -0.459 e. The smallest absolute Gasteiger partial charge is 0.289 e. The average Bonchev–Trinajstić information content (AvgIpc) is 3.36. The van der Waals surface area contributed by atoms with Crippen LogP contribution in [0.1, 0.15) is 40.5 Å². The number of carbonyl (C=O) groups excluding carboxylic acids is 1. The zero-order chi connectivity index (χ0) is 19.5. The van der Waals surface area contributed by atoms with E-state index >= 15 is 0 Å². The standard InChI is InChI=1S/C22H24FN3O2/c1-16-14-24-21(26(16)15-18-4-6-19(23)7-5-18)13-17-8-10-25(11-9-17)22(27)20-3-2-12-28-20/h2-7,12,14,17H,8-11,13,15H2,1H3. The summed E-state index contributed by atoms with van der Waals surface area (Å²) in [5.41, 5.74) is 2.16. The van der Waals surface area contributed by atoms with E-state index in [2.05, 4.69) is 9.55 Å². The quantitative estimate of drug-likeness (QED) is 0.670. The Balaban J connectivity index is 1.38. The Bertz CT molecular complexity index is 923. The third kappa shape index (κ3) is 4.01. The number of aryl methyl sites for hydroxylation is 1. The van der Waals surface area contributed by atoms with Crippen molar-refractivity contribution in [3.05, 3.63) is 77.5 Å². The number of likely N-dealkylation sites (tertiary alicyclic amines) is 1. The number of furan rings is 1. The fourth-order valence-electron chi connectivity index (χ4n) is 3.82. The number of piperidine rings is 1. The van der Waals surface area contributed by atoms with Crippen molar-refractivity contribution in [2.75, 3.05) is 13.1 Å². The zero-order valence-corrected chi connectivity index (χ0v) is 16.0. The lowest BCUT2D eigenvalue weighted by molar-refractivity contribution is 0.0657. The molecule has 0 N–H and O–H groups in total. The van der Waals surface area contributed by atoms with E-state index in [1.807, 2.05) is 30.2 Å². The van der Waals surface area contributed by atoms with Gasteiger partial charge < -0.3 is 13.9 Å². The molecule has 0 unspecified atom stereocenters. The molecule has 2 aromatic heterocycles. The largest absolute Gasteiger partial charge is 0.459 e. The van der Waals surface area contributed by atoms with Crippen LogP contribution in [-0.4, -0.2) is 33.4 Å². The molecule has 0 saturated carbocycles. The van der Waals surface area contributed by atoms with E-state index in [1.165, 1.54) is 18.4 Å². The number of rotatable bonds is 5. The van der Waals surface area contributed by atoms with Gasteiger partial charge in [0.1, 0.15) is 11.6 Å². The van der Waals surface area contributed by atoms with Crippen LogP contribution in [0, 0.1) is 18.7 Å². The van der Waals surface area contributed by atoms with Crippen molar-refractivity contribution in [1.82, 2.24) is 14.5 Å². The molecule has 0 atom stereocenters. The topological polar surface area (TPSA) is 51.3 Å². The summed E-state index contributed by atoms with van der Waals surface area (Å²) in [6, 6.07) is 10.1. The van der Waals surface area contributed by atoms with Gasteiger partial charge in [0, 0.05) is 37.9 Å². The van der Waals surface area contributed by atoms with E-state index < -0.39 is 0 Å². The summed E-state index contributed by atoms with van der Waals surface area (Å²) in [5.74, 6) is 1.70. The number of nitrogens with zero attached hydrogens (tertiary/aromatic N) is 3. The molecule has 1 saturated heterocycles. The lowest BCUT2D eigenvalue weighted by atomic mass is 9.93. The molecule has 1 aliphatic heterocycles. The van der Waals surface area contributed by atoms with Crippen LogP contribution in [0.4, 0.5) is 4.39 Å². The molecule has 0 radical (unpaired) electrons. The molecule has 1 aliphatic rings. The van der Waals surface area contributed by atoms with Gasteiger partial charge in [0.25, 0.3) is 5.91 Å². The lowest BCUT2D eigenvalue weighted by Gasteiger charge is -2.31. The van der Waals surface area contributed by atoms with Gasteiger partial charge in [0.15, 0.2) is 5.76 Å². The van der Waals surface area contributed by atoms with Gasteiger partial charge in [0.2, 0.25) is 0 Å². The molecule has 0 aliphatic carbocycles. The van der Waals surface area contributed by atoms with E-state index in [4.69, 9.17) is 4.42 Å². The van der Waals surface area contributed by atoms with Crippen LogP contribution >= 0.6 is 0 Å². The molecule has 4 rings (SSSR count). The van der Waals surface area contributed by atoms with Crippen molar-refractivity contribution in [3.8, 4) is 0 Å². The third-order valence-electron chi connectivity index (χ3n) is 5.50. The molecule has 5 nitrogen and oxygen atoms in total. The molecule has 1 fully saturated rings. The molecule has 0 spiro atoms. The maximum absolute atomic E-state index is 13.2. The fourth-order valence-corrected chi connectivity index (χ4v) is 3.82. The van der Waals surface area contributed by atoms with Crippen LogP contribution < -0.4 is 0 Å². The highest BCUT2D eigenvalue weighted by molar-refractivity contribution is 5.91. The summed E-state index contributed by atoms with van der Waals surface area (Å²) in [5, 5.41) is 0. The Kier molecular flexibility index (Phi) is 5.28. The Hall–Kier alpha value is -2.89. The highest BCUT2D eigenvalue weighted by atomic mass is 19.1. The number of hydrogen-bond acceptors (Lipinski definition) is 3. The number of carbonyl (C=O) groups is 1. The van der Waals surface area contributed by atoms with Crippen LogP contribution in [0.5, 0.6) is 0 Å². The van der Waals surface area contributed by atoms with Gasteiger partial charge in [-0.15, -0.1) is 0 Å². The monoisotopic (exact) mass is 381 g/mol. The number of halogens is 1. The molecule has 0 bridgehead atoms. The Morgan fingerprint density at radius 1 is 1.21 bits per heavy atom. The van der Waals surface area contributed by atoms with Crippen molar-refractivity contribution in [1.29, 1.82) is 0 Å². The van der Waals surface area contributed by atoms with Gasteiger partial charge in [-0.1, -0.05) is 12.1 Å². The molecular weight excluding hydrogens is 357 g/mol. The minimum absolute atomic E-state index is 0.0305. The van der Waals surface area contributed by atoms with Crippen molar-refractivity contribution in [2.24, 2.45) is 5.92 Å². The first-order chi connectivity index (χ1) is 13.6. The van der Waals surface area contributed by atoms with Crippen LogP contribution in [0.25, 0.3) is 0 Å².